The minimum Gasteiger partial charge on any atom is -0.463 e. The quantitative estimate of drug-likeness (QED) is 0.249. The van der Waals surface area contributed by atoms with Crippen molar-refractivity contribution in [3.05, 3.63) is 98.2 Å². The number of carbonyl (C=O) groups is 1. The van der Waals surface area contributed by atoms with Crippen LogP contribution in [-0.2, 0) is 15.3 Å². The monoisotopic (exact) mass is 493 g/mol. The van der Waals surface area contributed by atoms with Crippen LogP contribution in [-0.4, -0.2) is 22.5 Å². The number of rotatable bonds is 7. The van der Waals surface area contributed by atoms with Crippen molar-refractivity contribution < 1.29 is 13.9 Å². The maximum atomic E-state index is 14.0. The number of H-pyrrole nitrogens is 1. The zero-order valence-electron chi connectivity index (χ0n) is 20.1. The molecule has 0 fully saturated rings. The Morgan fingerprint density at radius 3 is 2.54 bits per heavy atom. The van der Waals surface area contributed by atoms with Gasteiger partial charge in [0, 0.05) is 11.4 Å². The van der Waals surface area contributed by atoms with E-state index >= 15 is 0 Å². The standard InChI is InChI=1S/C27H28FN3O3S/c1-5-34-26(33)21-16(4)29-24-23(22(21)18-12-10-17(11-13-18)15(2)3)25(32)31-27(30-24)35-14-19-8-6-7-9-20(19)28/h6-13,15,22H,5,14H2,1-4H3,(H2,29,30,31,32). The van der Waals surface area contributed by atoms with Crippen LogP contribution in [0.2, 0.25) is 0 Å². The lowest BCUT2D eigenvalue weighted by atomic mass is 9.81. The maximum Gasteiger partial charge on any atom is 0.336 e. The molecule has 182 valence electrons. The average molecular weight is 494 g/mol. The molecule has 2 heterocycles. The molecular weight excluding hydrogens is 465 g/mol. The molecule has 1 aliphatic rings. The second-order valence-corrected chi connectivity index (χ2v) is 9.62. The number of ether oxygens (including phenoxy) is 1. The minimum absolute atomic E-state index is 0.224. The predicted octanol–water partition coefficient (Wildman–Crippen LogP) is 5.72. The molecule has 1 atom stereocenters. The van der Waals surface area contributed by atoms with Crippen LogP contribution in [0.15, 0.2) is 69.8 Å². The Bertz CT molecular complexity index is 1330. The fourth-order valence-electron chi connectivity index (χ4n) is 4.15. The summed E-state index contributed by atoms with van der Waals surface area (Å²) in [5.41, 5.74) is 3.45. The van der Waals surface area contributed by atoms with Crippen LogP contribution in [0.4, 0.5) is 10.2 Å². The van der Waals surface area contributed by atoms with Crippen LogP contribution >= 0.6 is 11.8 Å². The van der Waals surface area contributed by atoms with Crippen LogP contribution in [0.5, 0.6) is 0 Å². The third kappa shape index (κ3) is 5.17. The summed E-state index contributed by atoms with van der Waals surface area (Å²) in [6.07, 6.45) is 0. The van der Waals surface area contributed by atoms with Crippen molar-refractivity contribution in [1.29, 1.82) is 0 Å². The zero-order valence-corrected chi connectivity index (χ0v) is 21.0. The SMILES string of the molecule is CCOC(=O)C1=C(C)Nc2nc(SCc3ccccc3F)[nH]c(=O)c2C1c1ccc(C(C)C)cc1. The lowest BCUT2D eigenvalue weighted by molar-refractivity contribution is -0.138. The van der Waals surface area contributed by atoms with E-state index in [1.807, 2.05) is 24.3 Å². The van der Waals surface area contributed by atoms with Gasteiger partial charge >= 0.3 is 5.97 Å². The molecule has 0 radical (unpaired) electrons. The number of nitrogens with zero attached hydrogens (tertiary/aromatic N) is 1. The molecule has 4 rings (SSSR count). The largest absolute Gasteiger partial charge is 0.463 e. The molecule has 6 nitrogen and oxygen atoms in total. The Kier molecular flexibility index (Phi) is 7.40. The topological polar surface area (TPSA) is 84.1 Å². The fraction of sp³-hybridized carbons (Fsp3) is 0.296. The lowest BCUT2D eigenvalue weighted by Crippen LogP contribution is -2.31. The highest BCUT2D eigenvalue weighted by Crippen LogP contribution is 2.40. The number of aromatic amines is 1. The molecule has 0 amide bonds. The highest BCUT2D eigenvalue weighted by molar-refractivity contribution is 7.98. The van der Waals surface area contributed by atoms with E-state index in [-0.39, 0.29) is 18.0 Å². The lowest BCUT2D eigenvalue weighted by Gasteiger charge is -2.29. The van der Waals surface area contributed by atoms with Crippen molar-refractivity contribution in [2.45, 2.75) is 50.4 Å². The summed E-state index contributed by atoms with van der Waals surface area (Å²) in [4.78, 5) is 33.7. The van der Waals surface area contributed by atoms with Gasteiger partial charge in [-0.3, -0.25) is 4.79 Å². The van der Waals surface area contributed by atoms with Crippen molar-refractivity contribution in [3.63, 3.8) is 0 Å². The van der Waals surface area contributed by atoms with Crippen LogP contribution in [0.1, 0.15) is 61.8 Å². The number of thioether (sulfide) groups is 1. The Morgan fingerprint density at radius 1 is 1.17 bits per heavy atom. The summed E-state index contributed by atoms with van der Waals surface area (Å²) in [6.45, 7) is 7.97. The number of benzene rings is 2. The van der Waals surface area contributed by atoms with Gasteiger partial charge in [-0.15, -0.1) is 0 Å². The van der Waals surface area contributed by atoms with E-state index in [1.54, 1.807) is 32.0 Å². The second kappa shape index (κ2) is 10.5. The Hall–Kier alpha value is -3.39. The van der Waals surface area contributed by atoms with Crippen molar-refractivity contribution in [2.24, 2.45) is 0 Å². The van der Waals surface area contributed by atoms with Gasteiger partial charge in [0.05, 0.1) is 23.7 Å². The first-order valence-electron chi connectivity index (χ1n) is 11.5. The summed E-state index contributed by atoms with van der Waals surface area (Å²) < 4.78 is 19.4. The number of anilines is 1. The molecule has 0 saturated carbocycles. The Balaban J connectivity index is 1.76. The fourth-order valence-corrected chi connectivity index (χ4v) is 4.99. The number of halogens is 1. The predicted molar refractivity (Wildman–Crippen MR) is 136 cm³/mol. The molecule has 1 aliphatic heterocycles. The highest BCUT2D eigenvalue weighted by atomic mass is 32.2. The van der Waals surface area contributed by atoms with Crippen LogP contribution in [0.3, 0.4) is 0 Å². The van der Waals surface area contributed by atoms with E-state index in [1.165, 1.54) is 17.8 Å². The molecule has 2 aromatic carbocycles. The summed E-state index contributed by atoms with van der Waals surface area (Å²) in [5, 5.41) is 3.50. The Labute approximate surface area is 208 Å². The minimum atomic E-state index is -0.631. The number of fused-ring (bicyclic) bond motifs is 1. The third-order valence-electron chi connectivity index (χ3n) is 5.97. The molecule has 8 heteroatoms. The van der Waals surface area contributed by atoms with E-state index in [9.17, 15) is 14.0 Å². The van der Waals surface area contributed by atoms with E-state index in [0.717, 1.165) is 11.1 Å². The number of hydrogen-bond acceptors (Lipinski definition) is 6. The first-order valence-corrected chi connectivity index (χ1v) is 12.5. The van der Waals surface area contributed by atoms with Gasteiger partial charge in [-0.2, -0.15) is 0 Å². The number of aromatic nitrogens is 2. The van der Waals surface area contributed by atoms with Gasteiger partial charge in [-0.25, -0.2) is 14.2 Å². The van der Waals surface area contributed by atoms with Crippen LogP contribution in [0, 0.1) is 5.82 Å². The van der Waals surface area contributed by atoms with Crippen LogP contribution < -0.4 is 10.9 Å². The molecule has 0 bridgehead atoms. The highest BCUT2D eigenvalue weighted by Gasteiger charge is 2.36. The van der Waals surface area contributed by atoms with Crippen molar-refractivity contribution in [1.82, 2.24) is 9.97 Å². The number of allylic oxidation sites excluding steroid dienone is 1. The molecule has 2 N–H and O–H groups in total. The number of nitrogens with one attached hydrogen (secondary N) is 2. The van der Waals surface area contributed by atoms with Gasteiger partial charge in [0.15, 0.2) is 5.16 Å². The van der Waals surface area contributed by atoms with E-state index in [2.05, 4.69) is 29.1 Å². The number of esters is 1. The van der Waals surface area contributed by atoms with Gasteiger partial charge < -0.3 is 15.0 Å². The summed E-state index contributed by atoms with van der Waals surface area (Å²) >= 11 is 1.24. The first kappa shape index (κ1) is 24.7. The molecule has 1 aromatic heterocycles. The molecule has 0 spiro atoms. The maximum absolute atomic E-state index is 14.0. The van der Waals surface area contributed by atoms with Crippen molar-refractivity contribution >= 4 is 23.5 Å². The summed E-state index contributed by atoms with van der Waals surface area (Å²) in [7, 11) is 0. The molecule has 3 aromatic rings. The summed E-state index contributed by atoms with van der Waals surface area (Å²) in [6, 6.07) is 14.4. The average Bonchev–Trinajstić information content (AvgIpc) is 2.82. The number of hydrogen-bond donors (Lipinski definition) is 2. The zero-order chi connectivity index (χ0) is 25.1. The van der Waals surface area contributed by atoms with E-state index in [4.69, 9.17) is 4.74 Å². The first-order chi connectivity index (χ1) is 16.8. The summed E-state index contributed by atoms with van der Waals surface area (Å²) in [5.74, 6) is -0.358. The van der Waals surface area contributed by atoms with Crippen molar-refractivity contribution in [2.75, 3.05) is 11.9 Å². The Morgan fingerprint density at radius 2 is 1.89 bits per heavy atom. The van der Waals surface area contributed by atoms with Crippen molar-refractivity contribution in [3.8, 4) is 0 Å². The molecule has 0 saturated heterocycles. The van der Waals surface area contributed by atoms with Gasteiger partial charge in [0.1, 0.15) is 11.6 Å². The molecular formula is C27H28FN3O3S. The second-order valence-electron chi connectivity index (χ2n) is 8.65. The van der Waals surface area contributed by atoms with Gasteiger partial charge in [-0.05, 0) is 42.5 Å². The number of carbonyl (C=O) groups excluding carboxylic acids is 1. The normalized spacial score (nSPS) is 15.1. The van der Waals surface area contributed by atoms with Gasteiger partial charge in [0.25, 0.3) is 5.56 Å². The van der Waals surface area contributed by atoms with Gasteiger partial charge in [0.2, 0.25) is 0 Å². The molecule has 0 aliphatic carbocycles. The van der Waals surface area contributed by atoms with E-state index < -0.39 is 11.9 Å². The van der Waals surface area contributed by atoms with Gasteiger partial charge in [-0.1, -0.05) is 68.1 Å². The van der Waals surface area contributed by atoms with E-state index in [0.29, 0.717) is 45.0 Å². The third-order valence-corrected chi connectivity index (χ3v) is 6.90. The smallest absolute Gasteiger partial charge is 0.336 e. The van der Waals surface area contributed by atoms with Crippen LogP contribution in [0.25, 0.3) is 0 Å². The molecule has 35 heavy (non-hydrogen) atoms. The molecule has 1 unspecified atom stereocenters.